The topological polar surface area (TPSA) is 109 Å². The number of methoxy groups -OCH3 is 1. The molecule has 0 spiro atoms. The first-order valence-electron chi connectivity index (χ1n) is 11.6. The third kappa shape index (κ3) is 4.61. The van der Waals surface area contributed by atoms with Crippen molar-refractivity contribution in [2.75, 3.05) is 26.8 Å². The molecule has 0 unspecified atom stereocenters. The zero-order valence-electron chi connectivity index (χ0n) is 19.7. The number of amides is 1. The minimum Gasteiger partial charge on any atom is -0.488 e. The van der Waals surface area contributed by atoms with Crippen LogP contribution in [0.5, 0.6) is 17.2 Å². The summed E-state index contributed by atoms with van der Waals surface area (Å²) in [6.07, 6.45) is 2.76. The molecule has 5 rings (SSSR count). The Labute approximate surface area is 207 Å². The number of aromatic nitrogens is 2. The maximum absolute atomic E-state index is 13.3. The van der Waals surface area contributed by atoms with E-state index < -0.39 is 12.1 Å². The molecule has 4 heterocycles. The molecule has 3 aromatic rings. The van der Waals surface area contributed by atoms with Crippen LogP contribution >= 0.6 is 0 Å². The van der Waals surface area contributed by atoms with Crippen molar-refractivity contribution in [1.82, 2.24) is 14.5 Å². The first-order chi connectivity index (χ1) is 17.5. The van der Waals surface area contributed by atoms with Crippen LogP contribution < -0.4 is 19.8 Å². The van der Waals surface area contributed by atoms with Gasteiger partial charge in [-0.2, -0.15) is 0 Å². The zero-order chi connectivity index (χ0) is 25.1. The number of carbonyl (C=O) groups is 2. The molecule has 1 aromatic carbocycles. The Kier molecular flexibility index (Phi) is 6.57. The summed E-state index contributed by atoms with van der Waals surface area (Å²) in [5.41, 5.74) is 1.12. The number of para-hydroxylation sites is 2. The summed E-state index contributed by atoms with van der Waals surface area (Å²) >= 11 is 0. The van der Waals surface area contributed by atoms with Crippen molar-refractivity contribution in [3.63, 3.8) is 0 Å². The molecule has 0 aliphatic carbocycles. The van der Waals surface area contributed by atoms with Crippen molar-refractivity contribution < 1.29 is 28.5 Å². The van der Waals surface area contributed by atoms with Gasteiger partial charge in [0.05, 0.1) is 7.11 Å². The summed E-state index contributed by atoms with van der Waals surface area (Å²) in [6, 6.07) is 12.1. The van der Waals surface area contributed by atoms with Crippen molar-refractivity contribution in [1.29, 1.82) is 0 Å². The molecule has 0 saturated carbocycles. The highest BCUT2D eigenvalue weighted by Crippen LogP contribution is 2.31. The van der Waals surface area contributed by atoms with E-state index in [9.17, 15) is 14.4 Å². The number of hydrogen-bond acceptors (Lipinski definition) is 8. The van der Waals surface area contributed by atoms with Crippen LogP contribution in [0.3, 0.4) is 0 Å². The van der Waals surface area contributed by atoms with Gasteiger partial charge in [0.1, 0.15) is 24.5 Å². The molecular weight excluding hydrogens is 466 g/mol. The standard InChI is InChI=1S/C26H25N3O7/c1-33-26(32)24-18-8-10-28(25(31)22-16-35-19-6-2-3-7-20(19)36-22)11-12-29(18)23(30)13-21(24)34-15-17-5-4-9-27-14-17/h2-7,9,13-14,22H,8,10-12,15-16H2,1H3/t22-/m0/s1. The minimum absolute atomic E-state index is 0.0962. The van der Waals surface area contributed by atoms with Gasteiger partial charge in [-0.25, -0.2) is 4.79 Å². The Morgan fingerprint density at radius 1 is 1.11 bits per heavy atom. The SMILES string of the molecule is COC(=O)c1c(OCc2cccnc2)cc(=O)n2c1CCN(C(=O)[C@@H]1COc3ccccc3O1)CC2. The molecule has 10 nitrogen and oxygen atoms in total. The van der Waals surface area contributed by atoms with Gasteiger partial charge in [0.15, 0.2) is 11.5 Å². The third-order valence-electron chi connectivity index (χ3n) is 6.20. The second kappa shape index (κ2) is 10.1. The number of esters is 1. The van der Waals surface area contributed by atoms with E-state index in [-0.39, 0.29) is 62.0 Å². The minimum atomic E-state index is -0.795. The summed E-state index contributed by atoms with van der Waals surface area (Å²) in [6.45, 7) is 1.02. The van der Waals surface area contributed by atoms with E-state index in [0.717, 1.165) is 5.56 Å². The molecule has 1 atom stereocenters. The van der Waals surface area contributed by atoms with Gasteiger partial charge < -0.3 is 28.4 Å². The quantitative estimate of drug-likeness (QED) is 0.498. The van der Waals surface area contributed by atoms with Crippen molar-refractivity contribution in [3.05, 3.63) is 82.0 Å². The highest BCUT2D eigenvalue weighted by atomic mass is 16.6. The van der Waals surface area contributed by atoms with Gasteiger partial charge in [0.25, 0.3) is 11.5 Å². The fourth-order valence-corrected chi connectivity index (χ4v) is 4.40. The second-order valence-electron chi connectivity index (χ2n) is 8.40. The monoisotopic (exact) mass is 491 g/mol. The maximum Gasteiger partial charge on any atom is 0.343 e. The normalized spacial score (nSPS) is 16.5. The van der Waals surface area contributed by atoms with Gasteiger partial charge in [0, 0.05) is 55.8 Å². The average molecular weight is 492 g/mol. The highest BCUT2D eigenvalue weighted by molar-refractivity contribution is 5.93. The van der Waals surface area contributed by atoms with Crippen LogP contribution in [0.4, 0.5) is 0 Å². The maximum atomic E-state index is 13.3. The number of rotatable bonds is 5. The Balaban J connectivity index is 1.38. The van der Waals surface area contributed by atoms with Crippen molar-refractivity contribution in [2.24, 2.45) is 0 Å². The lowest BCUT2D eigenvalue weighted by Crippen LogP contribution is -2.47. The van der Waals surface area contributed by atoms with Gasteiger partial charge in [-0.05, 0) is 18.2 Å². The number of hydrogen-bond donors (Lipinski definition) is 0. The molecule has 1 amide bonds. The predicted octanol–water partition coefficient (Wildman–Crippen LogP) is 1.83. The molecule has 0 radical (unpaired) electrons. The molecule has 0 fully saturated rings. The van der Waals surface area contributed by atoms with Gasteiger partial charge >= 0.3 is 5.97 Å². The van der Waals surface area contributed by atoms with Gasteiger partial charge in [-0.1, -0.05) is 18.2 Å². The number of fused-ring (bicyclic) bond motifs is 2. The lowest BCUT2D eigenvalue weighted by molar-refractivity contribution is -0.141. The van der Waals surface area contributed by atoms with Crippen LogP contribution in [0.2, 0.25) is 0 Å². The first kappa shape index (κ1) is 23.4. The molecule has 186 valence electrons. The average Bonchev–Trinajstić information content (AvgIpc) is 3.15. The van der Waals surface area contributed by atoms with E-state index in [1.54, 1.807) is 35.5 Å². The molecule has 0 saturated heterocycles. The Morgan fingerprint density at radius 3 is 2.72 bits per heavy atom. The smallest absolute Gasteiger partial charge is 0.343 e. The fraction of sp³-hybridized carbons (Fsp3) is 0.308. The second-order valence-corrected chi connectivity index (χ2v) is 8.40. The molecule has 2 aliphatic heterocycles. The zero-order valence-corrected chi connectivity index (χ0v) is 19.7. The van der Waals surface area contributed by atoms with Crippen LogP contribution in [-0.4, -0.2) is 59.2 Å². The van der Waals surface area contributed by atoms with Gasteiger partial charge in [0.2, 0.25) is 6.10 Å². The molecule has 0 bridgehead atoms. The molecular formula is C26H25N3O7. The van der Waals surface area contributed by atoms with E-state index in [1.807, 2.05) is 18.2 Å². The van der Waals surface area contributed by atoms with Gasteiger partial charge in [-0.15, -0.1) is 0 Å². The van der Waals surface area contributed by atoms with Crippen molar-refractivity contribution in [3.8, 4) is 17.2 Å². The lowest BCUT2D eigenvalue weighted by Gasteiger charge is -2.30. The lowest BCUT2D eigenvalue weighted by atomic mass is 10.1. The number of nitrogens with zero attached hydrogens (tertiary/aromatic N) is 3. The summed E-state index contributed by atoms with van der Waals surface area (Å²) in [5.74, 6) is 0.401. The van der Waals surface area contributed by atoms with Crippen LogP contribution in [0.1, 0.15) is 21.6 Å². The molecule has 2 aliphatic rings. The molecule has 2 aromatic heterocycles. The largest absolute Gasteiger partial charge is 0.488 e. The van der Waals surface area contributed by atoms with Crippen molar-refractivity contribution in [2.45, 2.75) is 25.7 Å². The Hall–Kier alpha value is -4.34. The summed E-state index contributed by atoms with van der Waals surface area (Å²) in [4.78, 5) is 44.7. The molecule has 10 heteroatoms. The van der Waals surface area contributed by atoms with E-state index in [2.05, 4.69) is 4.98 Å². The first-order valence-corrected chi connectivity index (χ1v) is 11.6. The Bertz CT molecular complexity index is 1340. The van der Waals surface area contributed by atoms with E-state index >= 15 is 0 Å². The number of carbonyl (C=O) groups excluding carboxylic acids is 2. The van der Waals surface area contributed by atoms with Crippen LogP contribution in [0.15, 0.2) is 59.7 Å². The summed E-state index contributed by atoms with van der Waals surface area (Å²) < 4.78 is 24.0. The van der Waals surface area contributed by atoms with Crippen LogP contribution in [0.25, 0.3) is 0 Å². The van der Waals surface area contributed by atoms with Crippen LogP contribution in [0, 0.1) is 0 Å². The van der Waals surface area contributed by atoms with Crippen LogP contribution in [-0.2, 0) is 29.1 Å². The fourth-order valence-electron chi connectivity index (χ4n) is 4.40. The summed E-state index contributed by atoms with van der Waals surface area (Å²) in [7, 11) is 1.28. The third-order valence-corrected chi connectivity index (χ3v) is 6.20. The molecule has 36 heavy (non-hydrogen) atoms. The number of pyridine rings is 2. The van der Waals surface area contributed by atoms with Gasteiger partial charge in [-0.3, -0.25) is 14.6 Å². The highest BCUT2D eigenvalue weighted by Gasteiger charge is 2.33. The number of benzene rings is 1. The molecule has 0 N–H and O–H groups in total. The van der Waals surface area contributed by atoms with E-state index in [4.69, 9.17) is 18.9 Å². The summed E-state index contributed by atoms with van der Waals surface area (Å²) in [5, 5.41) is 0. The van der Waals surface area contributed by atoms with E-state index in [1.165, 1.54) is 17.7 Å². The van der Waals surface area contributed by atoms with Crippen molar-refractivity contribution >= 4 is 11.9 Å². The predicted molar refractivity (Wildman–Crippen MR) is 127 cm³/mol. The van der Waals surface area contributed by atoms with E-state index in [0.29, 0.717) is 17.2 Å². The Morgan fingerprint density at radius 2 is 1.94 bits per heavy atom. The number of ether oxygens (including phenoxy) is 4.